The van der Waals surface area contributed by atoms with Crippen molar-refractivity contribution < 1.29 is 23.8 Å². The van der Waals surface area contributed by atoms with E-state index in [1.165, 1.54) is 12.1 Å². The summed E-state index contributed by atoms with van der Waals surface area (Å²) in [5.41, 5.74) is 1.61. The van der Waals surface area contributed by atoms with Crippen molar-refractivity contribution in [3.8, 4) is 5.75 Å². The minimum absolute atomic E-state index is 0.0558. The summed E-state index contributed by atoms with van der Waals surface area (Å²) in [7, 11) is 0. The maximum absolute atomic E-state index is 13.3. The van der Waals surface area contributed by atoms with Gasteiger partial charge in [-0.3, -0.25) is 0 Å². The van der Waals surface area contributed by atoms with Crippen molar-refractivity contribution in [3.63, 3.8) is 0 Å². The molecule has 0 aromatic heterocycles. The number of benzene rings is 2. The fourth-order valence-electron chi connectivity index (χ4n) is 4.42. The molecule has 2 aliphatic heterocycles. The highest BCUT2D eigenvalue weighted by Gasteiger charge is 2.49. The Balaban J connectivity index is 1.72. The van der Waals surface area contributed by atoms with Crippen LogP contribution in [-0.2, 0) is 4.74 Å². The number of carboxylic acids is 1. The summed E-state index contributed by atoms with van der Waals surface area (Å²) in [5.74, 6) is -0.359. The van der Waals surface area contributed by atoms with Gasteiger partial charge in [0.2, 0.25) is 0 Å². The maximum atomic E-state index is 13.3. The van der Waals surface area contributed by atoms with Gasteiger partial charge in [-0.25, -0.2) is 9.18 Å². The van der Waals surface area contributed by atoms with Crippen LogP contribution < -0.4 is 4.74 Å². The quantitative estimate of drug-likeness (QED) is 0.813. The van der Waals surface area contributed by atoms with Crippen LogP contribution >= 0.6 is 0 Å². The third-order valence-corrected chi connectivity index (χ3v) is 5.93. The highest BCUT2D eigenvalue weighted by molar-refractivity contribution is 5.88. The number of carbonyl (C=O) groups is 1. The second-order valence-corrected chi connectivity index (χ2v) is 8.03. The molecule has 0 amide bonds. The zero-order valence-corrected chi connectivity index (χ0v) is 15.6. The molecule has 0 spiro atoms. The molecule has 2 heterocycles. The standard InChI is InChI=1S/C22H23FO4/c1-12-16(13-4-7-15(23)8-5-13)11-18-20(26-12)17-10-14(21(24)25)6-9-19(17)27-22(18,2)3/h4-10,12,16,18,20H,11H2,1-3H3,(H,24,25)/t12-,16-,18-,20+/m0/s1. The maximum Gasteiger partial charge on any atom is 0.335 e. The summed E-state index contributed by atoms with van der Waals surface area (Å²) < 4.78 is 26.0. The van der Waals surface area contributed by atoms with Gasteiger partial charge in [-0.05, 0) is 63.1 Å². The second kappa shape index (κ2) is 6.34. The third-order valence-electron chi connectivity index (χ3n) is 5.93. The van der Waals surface area contributed by atoms with Crippen LogP contribution in [0.5, 0.6) is 5.75 Å². The number of aromatic carboxylic acids is 1. The van der Waals surface area contributed by atoms with Gasteiger partial charge in [0, 0.05) is 17.4 Å². The molecule has 0 saturated carbocycles. The first-order valence-corrected chi connectivity index (χ1v) is 9.23. The smallest absolute Gasteiger partial charge is 0.335 e. The third kappa shape index (κ3) is 3.10. The Morgan fingerprint density at radius 2 is 1.89 bits per heavy atom. The summed E-state index contributed by atoms with van der Waals surface area (Å²) in [6, 6.07) is 11.5. The summed E-state index contributed by atoms with van der Waals surface area (Å²) in [6.45, 7) is 6.10. The molecule has 1 N–H and O–H groups in total. The van der Waals surface area contributed by atoms with E-state index in [4.69, 9.17) is 9.47 Å². The van der Waals surface area contributed by atoms with Crippen LogP contribution in [0.1, 0.15) is 60.7 Å². The second-order valence-electron chi connectivity index (χ2n) is 8.03. The van der Waals surface area contributed by atoms with E-state index in [0.717, 1.165) is 17.5 Å². The lowest BCUT2D eigenvalue weighted by atomic mass is 9.70. The monoisotopic (exact) mass is 370 g/mol. The van der Waals surface area contributed by atoms with Crippen LogP contribution in [0.15, 0.2) is 42.5 Å². The molecule has 2 aromatic rings. The van der Waals surface area contributed by atoms with Gasteiger partial charge in [0.15, 0.2) is 0 Å². The van der Waals surface area contributed by atoms with E-state index in [1.54, 1.807) is 18.2 Å². The lowest BCUT2D eigenvalue weighted by Crippen LogP contribution is -2.50. The Bertz CT molecular complexity index is 874. The lowest BCUT2D eigenvalue weighted by Gasteiger charge is -2.50. The highest BCUT2D eigenvalue weighted by atomic mass is 19.1. The van der Waals surface area contributed by atoms with E-state index in [1.807, 2.05) is 32.9 Å². The number of rotatable bonds is 2. The highest BCUT2D eigenvalue weighted by Crippen LogP contribution is 2.53. The molecule has 2 aromatic carbocycles. The number of halogens is 1. The van der Waals surface area contributed by atoms with Crippen molar-refractivity contribution in [3.05, 3.63) is 65.0 Å². The number of hydrogen-bond donors (Lipinski definition) is 1. The molecule has 4 nitrogen and oxygen atoms in total. The van der Waals surface area contributed by atoms with Gasteiger partial charge in [-0.15, -0.1) is 0 Å². The van der Waals surface area contributed by atoms with E-state index in [-0.39, 0.29) is 35.4 Å². The summed E-state index contributed by atoms with van der Waals surface area (Å²) in [4.78, 5) is 11.4. The number of carboxylic acid groups (broad SMARTS) is 1. The van der Waals surface area contributed by atoms with E-state index in [0.29, 0.717) is 5.75 Å². The topological polar surface area (TPSA) is 55.8 Å². The average molecular weight is 370 g/mol. The first-order chi connectivity index (χ1) is 12.8. The molecular weight excluding hydrogens is 347 g/mol. The first-order valence-electron chi connectivity index (χ1n) is 9.23. The van der Waals surface area contributed by atoms with E-state index in [9.17, 15) is 14.3 Å². The number of hydrogen-bond acceptors (Lipinski definition) is 3. The van der Waals surface area contributed by atoms with Crippen molar-refractivity contribution in [1.82, 2.24) is 0 Å². The van der Waals surface area contributed by atoms with E-state index >= 15 is 0 Å². The van der Waals surface area contributed by atoms with Crippen molar-refractivity contribution in [1.29, 1.82) is 0 Å². The van der Waals surface area contributed by atoms with Crippen LogP contribution in [0.2, 0.25) is 0 Å². The van der Waals surface area contributed by atoms with Gasteiger partial charge in [-0.2, -0.15) is 0 Å². The summed E-state index contributed by atoms with van der Waals surface area (Å²) in [5, 5.41) is 9.34. The zero-order chi connectivity index (χ0) is 19.3. The summed E-state index contributed by atoms with van der Waals surface area (Å²) >= 11 is 0. The Kier molecular flexibility index (Phi) is 4.22. The fraction of sp³-hybridized carbons (Fsp3) is 0.409. The number of ether oxygens (including phenoxy) is 2. The first kappa shape index (κ1) is 18.0. The van der Waals surface area contributed by atoms with Gasteiger partial charge in [-0.1, -0.05) is 12.1 Å². The van der Waals surface area contributed by atoms with Crippen LogP contribution in [-0.4, -0.2) is 22.8 Å². The molecule has 1 saturated heterocycles. The Labute approximate surface area is 157 Å². The largest absolute Gasteiger partial charge is 0.487 e. The normalized spacial score (nSPS) is 28.6. The van der Waals surface area contributed by atoms with Crippen LogP contribution in [0, 0.1) is 11.7 Å². The molecule has 27 heavy (non-hydrogen) atoms. The zero-order valence-electron chi connectivity index (χ0n) is 15.6. The van der Waals surface area contributed by atoms with Crippen molar-refractivity contribution in [2.75, 3.05) is 0 Å². The molecule has 4 rings (SSSR count). The Hall–Kier alpha value is -2.40. The minimum Gasteiger partial charge on any atom is -0.487 e. The molecule has 0 radical (unpaired) electrons. The van der Waals surface area contributed by atoms with Crippen molar-refractivity contribution in [2.45, 2.75) is 50.9 Å². The summed E-state index contributed by atoms with van der Waals surface area (Å²) in [6.07, 6.45) is 0.517. The van der Waals surface area contributed by atoms with Gasteiger partial charge >= 0.3 is 5.97 Å². The van der Waals surface area contributed by atoms with Gasteiger partial charge < -0.3 is 14.6 Å². The predicted octanol–water partition coefficient (Wildman–Crippen LogP) is 4.94. The molecule has 0 aliphatic carbocycles. The van der Waals surface area contributed by atoms with Gasteiger partial charge in [0.1, 0.15) is 17.2 Å². The molecule has 0 bridgehead atoms. The number of fused-ring (bicyclic) bond motifs is 3. The molecule has 2 aliphatic rings. The van der Waals surface area contributed by atoms with Crippen LogP contribution in [0.4, 0.5) is 4.39 Å². The SMILES string of the molecule is C[C@@H]1O[C@@H]2c3cc(C(=O)O)ccc3OC(C)(C)[C@H]2C[C@@H]1c1ccc(F)cc1. The Morgan fingerprint density at radius 3 is 2.56 bits per heavy atom. The van der Waals surface area contributed by atoms with Gasteiger partial charge in [0.25, 0.3) is 0 Å². The fourth-order valence-corrected chi connectivity index (χ4v) is 4.42. The molecule has 1 fully saturated rings. The molecular formula is C22H23FO4. The lowest BCUT2D eigenvalue weighted by molar-refractivity contribution is -0.153. The van der Waals surface area contributed by atoms with Crippen molar-refractivity contribution in [2.24, 2.45) is 5.92 Å². The molecule has 5 heteroatoms. The molecule has 0 unspecified atom stereocenters. The minimum atomic E-state index is -0.966. The van der Waals surface area contributed by atoms with Crippen LogP contribution in [0.3, 0.4) is 0 Å². The van der Waals surface area contributed by atoms with E-state index in [2.05, 4.69) is 0 Å². The van der Waals surface area contributed by atoms with Gasteiger partial charge in [0.05, 0.1) is 17.8 Å². The van der Waals surface area contributed by atoms with Crippen LogP contribution in [0.25, 0.3) is 0 Å². The Morgan fingerprint density at radius 1 is 1.19 bits per heavy atom. The average Bonchev–Trinajstić information content (AvgIpc) is 2.61. The molecule has 142 valence electrons. The van der Waals surface area contributed by atoms with E-state index < -0.39 is 11.6 Å². The predicted molar refractivity (Wildman–Crippen MR) is 98.6 cm³/mol. The molecule has 4 atom stereocenters. The van der Waals surface area contributed by atoms with Crippen molar-refractivity contribution >= 4 is 5.97 Å².